The predicted octanol–water partition coefficient (Wildman–Crippen LogP) is 4.33. The van der Waals surface area contributed by atoms with E-state index in [9.17, 15) is 13.2 Å². The second kappa shape index (κ2) is 6.98. The van der Waals surface area contributed by atoms with Gasteiger partial charge in [-0.05, 0) is 71.2 Å². The summed E-state index contributed by atoms with van der Waals surface area (Å²) in [6.07, 6.45) is 0.705. The van der Waals surface area contributed by atoms with Crippen LogP contribution in [-0.2, 0) is 21.2 Å². The fourth-order valence-electron chi connectivity index (χ4n) is 3.23. The number of carbonyl (C=O) groups excluding carboxylic acids is 1. The van der Waals surface area contributed by atoms with Gasteiger partial charge in [-0.25, -0.2) is 8.42 Å². The molecule has 2 aromatic rings. The van der Waals surface area contributed by atoms with Crippen LogP contribution in [-0.4, -0.2) is 27.4 Å². The molecule has 0 saturated heterocycles. The van der Waals surface area contributed by atoms with Gasteiger partial charge in [0.1, 0.15) is 4.90 Å². The smallest absolute Gasteiger partial charge is 0.265 e. The van der Waals surface area contributed by atoms with E-state index >= 15 is 0 Å². The van der Waals surface area contributed by atoms with E-state index in [2.05, 4.69) is 31.9 Å². The number of benzene rings is 2. The lowest BCUT2D eigenvalue weighted by Gasteiger charge is -2.23. The van der Waals surface area contributed by atoms with Crippen molar-refractivity contribution in [2.45, 2.75) is 31.2 Å². The Hall–Kier alpha value is -1.38. The monoisotopic (exact) mass is 500 g/mol. The molecule has 5 nitrogen and oxygen atoms in total. The van der Waals surface area contributed by atoms with Crippen LogP contribution < -0.4 is 9.21 Å². The minimum atomic E-state index is -3.79. The third kappa shape index (κ3) is 3.30. The van der Waals surface area contributed by atoms with Crippen LogP contribution in [0.5, 0.6) is 0 Å². The first-order valence-corrected chi connectivity index (χ1v) is 11.0. The summed E-state index contributed by atoms with van der Waals surface area (Å²) in [6.45, 7) is 3.45. The highest BCUT2D eigenvalue weighted by Gasteiger charge is 2.33. The van der Waals surface area contributed by atoms with Gasteiger partial charge in [-0.1, -0.05) is 15.9 Å². The molecule has 26 heavy (non-hydrogen) atoms. The number of fused-ring (bicyclic) bond motifs is 1. The average Bonchev–Trinajstić information content (AvgIpc) is 2.88. The molecule has 0 radical (unpaired) electrons. The van der Waals surface area contributed by atoms with Gasteiger partial charge in [0, 0.05) is 34.6 Å². The molecular formula is C18H18Br2N2O3S. The molecule has 138 valence electrons. The quantitative estimate of drug-likeness (QED) is 0.628. The number of sulfonamides is 1. The van der Waals surface area contributed by atoms with Gasteiger partial charge in [0.2, 0.25) is 5.91 Å². The van der Waals surface area contributed by atoms with E-state index in [-0.39, 0.29) is 16.8 Å². The number of anilines is 2. The van der Waals surface area contributed by atoms with Gasteiger partial charge in [-0.15, -0.1) is 0 Å². The van der Waals surface area contributed by atoms with Crippen molar-refractivity contribution in [1.29, 1.82) is 0 Å². The molecule has 1 heterocycles. The zero-order valence-corrected chi connectivity index (χ0v) is 18.5. The molecule has 0 saturated carbocycles. The van der Waals surface area contributed by atoms with Gasteiger partial charge in [-0.2, -0.15) is 0 Å². The molecule has 1 amide bonds. The maximum atomic E-state index is 13.2. The van der Waals surface area contributed by atoms with E-state index in [0.717, 1.165) is 10.0 Å². The van der Waals surface area contributed by atoms with Gasteiger partial charge in [0.25, 0.3) is 10.0 Å². The highest BCUT2D eigenvalue weighted by atomic mass is 79.9. The minimum absolute atomic E-state index is 0.0107. The molecule has 8 heteroatoms. The lowest BCUT2D eigenvalue weighted by atomic mass is 10.1. The first kappa shape index (κ1) is 19.4. The van der Waals surface area contributed by atoms with Crippen LogP contribution in [0.3, 0.4) is 0 Å². The normalized spacial score (nSPS) is 16.5. The Morgan fingerprint density at radius 3 is 2.38 bits per heavy atom. The average molecular weight is 502 g/mol. The Morgan fingerprint density at radius 1 is 1.19 bits per heavy atom. The molecule has 1 aliphatic rings. The highest BCUT2D eigenvalue weighted by Crippen LogP contribution is 2.39. The summed E-state index contributed by atoms with van der Waals surface area (Å²) >= 11 is 6.75. The van der Waals surface area contributed by atoms with Crippen molar-refractivity contribution in [2.75, 3.05) is 16.3 Å². The largest absolute Gasteiger partial charge is 0.309 e. The Morgan fingerprint density at radius 2 is 1.81 bits per heavy atom. The number of carbonyl (C=O) groups is 1. The molecule has 0 fully saturated rings. The Kier molecular flexibility index (Phi) is 5.20. The van der Waals surface area contributed by atoms with Crippen molar-refractivity contribution in [3.8, 4) is 0 Å². The van der Waals surface area contributed by atoms with Crippen LogP contribution in [0.1, 0.15) is 19.4 Å². The fourth-order valence-corrected chi connectivity index (χ4v) is 5.76. The van der Waals surface area contributed by atoms with E-state index in [0.29, 0.717) is 22.3 Å². The molecule has 0 aliphatic carbocycles. The molecular weight excluding hydrogens is 484 g/mol. The standard InChI is InChI=1S/C18H18Br2N2O3S/c1-11-8-13-9-16(20)18(10-17(13)22(11)12(2)23)26(24,25)21(3)15-6-4-14(19)5-7-15/h4-7,9-11H,8H2,1-3H3. The van der Waals surface area contributed by atoms with Gasteiger partial charge in [-0.3, -0.25) is 9.10 Å². The summed E-state index contributed by atoms with van der Waals surface area (Å²) in [5, 5.41) is 0. The zero-order chi connectivity index (χ0) is 19.2. The summed E-state index contributed by atoms with van der Waals surface area (Å²) in [6, 6.07) is 10.4. The van der Waals surface area contributed by atoms with Gasteiger partial charge < -0.3 is 4.90 Å². The minimum Gasteiger partial charge on any atom is -0.309 e. The maximum Gasteiger partial charge on any atom is 0.265 e. The van der Waals surface area contributed by atoms with Gasteiger partial charge in [0.05, 0.1) is 5.69 Å². The molecule has 0 bridgehead atoms. The SMILES string of the molecule is CC(=O)N1c2cc(S(=O)(=O)N(C)c3ccc(Br)cc3)c(Br)cc2CC1C. The van der Waals surface area contributed by atoms with Gasteiger partial charge in [0.15, 0.2) is 0 Å². The Bertz CT molecular complexity index is 975. The molecule has 1 atom stereocenters. The van der Waals surface area contributed by atoms with Crippen LogP contribution in [0.25, 0.3) is 0 Å². The van der Waals surface area contributed by atoms with E-state index < -0.39 is 10.0 Å². The summed E-state index contributed by atoms with van der Waals surface area (Å²) in [7, 11) is -2.27. The van der Waals surface area contributed by atoms with E-state index in [1.807, 2.05) is 6.92 Å². The van der Waals surface area contributed by atoms with Crippen LogP contribution in [0.15, 0.2) is 50.2 Å². The number of hydrogen-bond acceptors (Lipinski definition) is 3. The number of halogens is 2. The molecule has 0 spiro atoms. The first-order valence-electron chi connectivity index (χ1n) is 7.99. The van der Waals surface area contributed by atoms with Crippen molar-refractivity contribution in [3.63, 3.8) is 0 Å². The van der Waals surface area contributed by atoms with Crippen molar-refractivity contribution >= 4 is 59.2 Å². The third-order valence-electron chi connectivity index (χ3n) is 4.52. The van der Waals surface area contributed by atoms with E-state index in [1.54, 1.807) is 41.3 Å². The van der Waals surface area contributed by atoms with Crippen LogP contribution in [0, 0.1) is 0 Å². The number of nitrogens with zero attached hydrogens (tertiary/aromatic N) is 2. The molecule has 1 aliphatic heterocycles. The Labute approximate surface area is 170 Å². The Balaban J connectivity index is 2.09. The summed E-state index contributed by atoms with van der Waals surface area (Å²) in [5.41, 5.74) is 2.18. The lowest BCUT2D eigenvalue weighted by molar-refractivity contribution is -0.116. The van der Waals surface area contributed by atoms with Crippen molar-refractivity contribution < 1.29 is 13.2 Å². The number of hydrogen-bond donors (Lipinski definition) is 0. The number of amides is 1. The van der Waals surface area contributed by atoms with Crippen LogP contribution in [0.4, 0.5) is 11.4 Å². The molecule has 0 N–H and O–H groups in total. The zero-order valence-electron chi connectivity index (χ0n) is 14.5. The molecule has 1 unspecified atom stereocenters. The van der Waals surface area contributed by atoms with Crippen LogP contribution in [0.2, 0.25) is 0 Å². The van der Waals surface area contributed by atoms with E-state index in [4.69, 9.17) is 0 Å². The second-order valence-corrected chi connectivity index (χ2v) is 10.0. The highest BCUT2D eigenvalue weighted by molar-refractivity contribution is 9.10. The summed E-state index contributed by atoms with van der Waals surface area (Å²) < 4.78 is 29.0. The predicted molar refractivity (Wildman–Crippen MR) is 110 cm³/mol. The second-order valence-electron chi connectivity index (χ2n) is 6.30. The topological polar surface area (TPSA) is 57.7 Å². The molecule has 3 rings (SSSR count). The van der Waals surface area contributed by atoms with Crippen molar-refractivity contribution in [2.24, 2.45) is 0 Å². The van der Waals surface area contributed by atoms with E-state index in [1.165, 1.54) is 18.3 Å². The summed E-state index contributed by atoms with van der Waals surface area (Å²) in [4.78, 5) is 13.8. The summed E-state index contributed by atoms with van der Waals surface area (Å²) in [5.74, 6) is -0.0943. The maximum absolute atomic E-state index is 13.2. The first-order chi connectivity index (χ1) is 12.1. The lowest BCUT2D eigenvalue weighted by Crippen LogP contribution is -2.33. The molecule has 2 aromatic carbocycles. The molecule has 0 aromatic heterocycles. The van der Waals surface area contributed by atoms with Crippen molar-refractivity contribution in [1.82, 2.24) is 0 Å². The fraction of sp³-hybridized carbons (Fsp3) is 0.278. The van der Waals surface area contributed by atoms with Gasteiger partial charge >= 0.3 is 0 Å². The van der Waals surface area contributed by atoms with Crippen molar-refractivity contribution in [3.05, 3.63) is 50.9 Å². The third-order valence-corrected chi connectivity index (χ3v) is 7.79. The van der Waals surface area contributed by atoms with Crippen LogP contribution >= 0.6 is 31.9 Å². The number of rotatable bonds is 3.